The van der Waals surface area contributed by atoms with Crippen molar-refractivity contribution in [1.29, 1.82) is 0 Å². The Hall–Kier alpha value is -1.88. The lowest BCUT2D eigenvalue weighted by molar-refractivity contribution is -0.0688. The number of allylic oxidation sites excluding steroid dienone is 1. The highest BCUT2D eigenvalue weighted by molar-refractivity contribution is 6.31. The Morgan fingerprint density at radius 2 is 1.95 bits per heavy atom. The van der Waals surface area contributed by atoms with Gasteiger partial charge in [-0.05, 0) is 35.4 Å². The molecule has 1 aromatic heterocycles. The zero-order chi connectivity index (χ0) is 15.4. The molecule has 0 aliphatic heterocycles. The molecular weight excluding hydrogens is 306 g/mol. The summed E-state index contributed by atoms with van der Waals surface area (Å²) in [6.45, 7) is 3.05. The van der Waals surface area contributed by atoms with Crippen LogP contribution in [0.25, 0.3) is 16.8 Å². The summed E-state index contributed by atoms with van der Waals surface area (Å²) in [5, 5.41) is -0.0937. The van der Waals surface area contributed by atoms with Crippen LogP contribution in [0.15, 0.2) is 30.8 Å². The molecule has 0 spiro atoms. The van der Waals surface area contributed by atoms with Gasteiger partial charge in [0.2, 0.25) is 0 Å². The van der Waals surface area contributed by atoms with Gasteiger partial charge in [-0.15, -0.1) is 0 Å². The lowest BCUT2D eigenvalue weighted by Crippen LogP contribution is -2.10. The Labute approximate surface area is 122 Å². The molecule has 3 rings (SSSR count). The number of hydrogen-bond donors (Lipinski definition) is 0. The van der Waals surface area contributed by atoms with Gasteiger partial charge in [-0.3, -0.25) is 0 Å². The second kappa shape index (κ2) is 4.56. The second-order valence-electron chi connectivity index (χ2n) is 4.78. The summed E-state index contributed by atoms with van der Waals surface area (Å²) in [4.78, 5) is 4.03. The summed E-state index contributed by atoms with van der Waals surface area (Å²) < 4.78 is 51.4. The van der Waals surface area contributed by atoms with Crippen LogP contribution in [-0.4, -0.2) is 11.2 Å². The fourth-order valence-electron chi connectivity index (χ4n) is 2.09. The van der Waals surface area contributed by atoms with Crippen LogP contribution in [-0.2, 0) is 6.42 Å². The maximum atomic E-state index is 13.2. The van der Waals surface area contributed by atoms with Gasteiger partial charge < -0.3 is 0 Å². The zero-order valence-electron chi connectivity index (χ0n) is 10.6. The van der Waals surface area contributed by atoms with Crippen LogP contribution in [0.2, 0.25) is 5.02 Å². The van der Waals surface area contributed by atoms with Gasteiger partial charge in [0, 0.05) is 12.0 Å². The van der Waals surface area contributed by atoms with Gasteiger partial charge in [0.1, 0.15) is 5.82 Å². The minimum absolute atomic E-state index is 0.0937. The minimum atomic E-state index is -4.53. The van der Waals surface area contributed by atoms with Crippen molar-refractivity contribution in [3.8, 4) is 11.3 Å². The Bertz CT molecular complexity index is 765. The van der Waals surface area contributed by atoms with Gasteiger partial charge in [0.05, 0.1) is 22.0 Å². The number of alkyl halides is 3. The van der Waals surface area contributed by atoms with Crippen LogP contribution in [0.5, 0.6) is 0 Å². The lowest BCUT2D eigenvalue weighted by Gasteiger charge is -2.10. The number of aromatic nitrogens is 1. The number of fused-ring (bicyclic) bond motifs is 1. The predicted octanol–water partition coefficient (Wildman–Crippen LogP) is 5.02. The van der Waals surface area contributed by atoms with Crippen LogP contribution in [0.1, 0.15) is 16.8 Å². The topological polar surface area (TPSA) is 12.9 Å². The molecule has 1 heterocycles. The lowest BCUT2D eigenvalue weighted by atomic mass is 10.1. The first kappa shape index (κ1) is 14.1. The molecule has 1 aromatic carbocycles. The number of halogens is 5. The maximum Gasteiger partial charge on any atom is 0.417 e. The van der Waals surface area contributed by atoms with Crippen molar-refractivity contribution < 1.29 is 17.6 Å². The third kappa shape index (κ3) is 2.53. The molecule has 1 aliphatic carbocycles. The van der Waals surface area contributed by atoms with E-state index in [4.69, 9.17) is 11.6 Å². The molecule has 0 fully saturated rings. The van der Waals surface area contributed by atoms with Crippen molar-refractivity contribution in [2.75, 3.05) is 0 Å². The van der Waals surface area contributed by atoms with Gasteiger partial charge >= 0.3 is 6.18 Å². The van der Waals surface area contributed by atoms with Crippen LogP contribution >= 0.6 is 11.6 Å². The van der Waals surface area contributed by atoms with Crippen LogP contribution < -0.4 is 0 Å². The number of benzene rings is 1. The number of pyridine rings is 1. The molecule has 0 saturated heterocycles. The minimum Gasteiger partial charge on any atom is -0.247 e. The molecule has 1 aliphatic rings. The van der Waals surface area contributed by atoms with Crippen molar-refractivity contribution in [2.24, 2.45) is 0 Å². The van der Waals surface area contributed by atoms with Crippen molar-refractivity contribution in [3.05, 3.63) is 58.5 Å². The van der Waals surface area contributed by atoms with Gasteiger partial charge in [-0.25, -0.2) is 9.37 Å². The molecule has 6 heteroatoms. The molecule has 1 nitrogen and oxygen atoms in total. The third-order valence-electron chi connectivity index (χ3n) is 3.30. The molecule has 0 atom stereocenters. The van der Waals surface area contributed by atoms with E-state index in [-0.39, 0.29) is 10.7 Å². The summed E-state index contributed by atoms with van der Waals surface area (Å²) in [7, 11) is 0. The normalized spacial score (nSPS) is 13.0. The molecule has 0 N–H and O–H groups in total. The Kier molecular flexibility index (Phi) is 3.06. The average molecular weight is 314 g/mol. The average Bonchev–Trinajstić information content (AvgIpc) is 3.18. The highest BCUT2D eigenvalue weighted by Crippen LogP contribution is 2.41. The standard InChI is InChI=1S/C15H8ClF4N/c1-7(15(18,19)20)13-6-9-4-10(9)14(21-13)8-2-3-12(17)11(16)5-8/h2-3,5-6H,1,4H2. The molecule has 0 unspecified atom stereocenters. The smallest absolute Gasteiger partial charge is 0.247 e. The molecular formula is C15H8ClF4N. The highest BCUT2D eigenvalue weighted by Gasteiger charge is 2.36. The van der Waals surface area contributed by atoms with E-state index in [2.05, 4.69) is 11.6 Å². The van der Waals surface area contributed by atoms with E-state index >= 15 is 0 Å². The Morgan fingerprint density at radius 1 is 1.24 bits per heavy atom. The summed E-state index contributed by atoms with van der Waals surface area (Å²) >= 11 is 5.71. The van der Waals surface area contributed by atoms with E-state index in [1.165, 1.54) is 24.3 Å². The van der Waals surface area contributed by atoms with Crippen LogP contribution in [0, 0.1) is 5.82 Å². The van der Waals surface area contributed by atoms with Crippen molar-refractivity contribution in [1.82, 2.24) is 4.98 Å². The summed E-state index contributed by atoms with van der Waals surface area (Å²) in [6, 6.07) is 5.36. The number of hydrogen-bond acceptors (Lipinski definition) is 1. The van der Waals surface area contributed by atoms with Gasteiger partial charge in [0.15, 0.2) is 0 Å². The monoisotopic (exact) mass is 313 g/mol. The molecule has 0 bridgehead atoms. The molecule has 21 heavy (non-hydrogen) atoms. The van der Waals surface area contributed by atoms with E-state index in [1.54, 1.807) is 0 Å². The van der Waals surface area contributed by atoms with E-state index in [0.717, 1.165) is 11.1 Å². The van der Waals surface area contributed by atoms with Crippen LogP contribution in [0.3, 0.4) is 0 Å². The van der Waals surface area contributed by atoms with E-state index in [1.807, 2.05) is 0 Å². The summed E-state index contributed by atoms with van der Waals surface area (Å²) in [5.74, 6) is -0.586. The number of nitrogens with zero attached hydrogens (tertiary/aromatic N) is 1. The van der Waals surface area contributed by atoms with Crippen molar-refractivity contribution in [2.45, 2.75) is 12.6 Å². The van der Waals surface area contributed by atoms with Crippen molar-refractivity contribution in [3.63, 3.8) is 0 Å². The predicted molar refractivity (Wildman–Crippen MR) is 72.5 cm³/mol. The fraction of sp³-hybridized carbons (Fsp3) is 0.133. The first-order chi connectivity index (χ1) is 9.77. The zero-order valence-corrected chi connectivity index (χ0v) is 11.3. The number of rotatable bonds is 2. The van der Waals surface area contributed by atoms with Gasteiger partial charge in [-0.2, -0.15) is 13.2 Å². The molecule has 0 radical (unpaired) electrons. The Balaban J connectivity index is 2.09. The first-order valence-electron chi connectivity index (χ1n) is 6.02. The van der Waals surface area contributed by atoms with Gasteiger partial charge in [-0.1, -0.05) is 18.2 Å². The molecule has 0 saturated carbocycles. The fourth-order valence-corrected chi connectivity index (χ4v) is 2.27. The molecule has 2 aromatic rings. The third-order valence-corrected chi connectivity index (χ3v) is 3.59. The van der Waals surface area contributed by atoms with Crippen molar-refractivity contribution >= 4 is 17.2 Å². The molecule has 0 amide bonds. The quantitative estimate of drug-likeness (QED) is 0.605. The summed E-state index contributed by atoms with van der Waals surface area (Å²) in [6.07, 6.45) is -3.96. The van der Waals surface area contributed by atoms with E-state index in [0.29, 0.717) is 17.7 Å². The molecule has 108 valence electrons. The largest absolute Gasteiger partial charge is 0.417 e. The van der Waals surface area contributed by atoms with Gasteiger partial charge in [0.25, 0.3) is 0 Å². The maximum absolute atomic E-state index is 13.2. The second-order valence-corrected chi connectivity index (χ2v) is 5.18. The van der Waals surface area contributed by atoms with E-state index < -0.39 is 17.6 Å². The van der Waals surface area contributed by atoms with E-state index in [9.17, 15) is 17.6 Å². The highest BCUT2D eigenvalue weighted by atomic mass is 35.5. The van der Waals surface area contributed by atoms with Crippen LogP contribution in [0.4, 0.5) is 17.6 Å². The Morgan fingerprint density at radius 3 is 2.57 bits per heavy atom. The first-order valence-corrected chi connectivity index (χ1v) is 6.40. The SMILES string of the molecule is C=C(c1cc2c(c(-c3ccc(F)c(Cl)c3)n1)C2)C(F)(F)F. The summed E-state index contributed by atoms with van der Waals surface area (Å²) in [5.41, 5.74) is 1.33.